The highest BCUT2D eigenvalue weighted by Gasteiger charge is 2.40. The molecule has 1 unspecified atom stereocenters. The number of hydrogen-bond donors (Lipinski definition) is 1. The minimum atomic E-state index is -4.39. The van der Waals surface area contributed by atoms with Crippen molar-refractivity contribution >= 4 is 10.0 Å². The van der Waals surface area contributed by atoms with Crippen molar-refractivity contribution in [3.8, 4) is 11.4 Å². The summed E-state index contributed by atoms with van der Waals surface area (Å²) in [7, 11) is -3.40. The van der Waals surface area contributed by atoms with Crippen molar-refractivity contribution in [2.75, 3.05) is 19.3 Å². The summed E-state index contributed by atoms with van der Waals surface area (Å²) in [5.74, 6) is 0.305. The summed E-state index contributed by atoms with van der Waals surface area (Å²) in [6.07, 6.45) is -2.67. The maximum Gasteiger partial charge on any atom is 0.416 e. The van der Waals surface area contributed by atoms with Gasteiger partial charge in [0.05, 0.1) is 18.4 Å². The lowest BCUT2D eigenvalue weighted by molar-refractivity contribution is -0.137. The van der Waals surface area contributed by atoms with E-state index in [-0.39, 0.29) is 26.1 Å². The first-order valence-electron chi connectivity index (χ1n) is 10.1. The van der Waals surface area contributed by atoms with Crippen LogP contribution in [0.4, 0.5) is 13.2 Å². The van der Waals surface area contributed by atoms with E-state index in [1.165, 1.54) is 21.2 Å². The van der Waals surface area contributed by atoms with Crippen molar-refractivity contribution < 1.29 is 26.7 Å². The summed E-state index contributed by atoms with van der Waals surface area (Å²) >= 11 is 0. The highest BCUT2D eigenvalue weighted by molar-refractivity contribution is 7.88. The fraction of sp³-hybridized carbons (Fsp3) is 0.381. The van der Waals surface area contributed by atoms with E-state index in [0.29, 0.717) is 23.4 Å². The summed E-state index contributed by atoms with van der Waals surface area (Å²) in [4.78, 5) is 1.23. The lowest BCUT2D eigenvalue weighted by atomic mass is 9.98. The molecule has 12 heteroatoms. The highest BCUT2D eigenvalue weighted by atomic mass is 32.2. The summed E-state index contributed by atoms with van der Waals surface area (Å²) in [6.45, 7) is 0.146. The first-order chi connectivity index (χ1) is 15.4. The molecule has 0 bridgehead atoms. The number of sulfonamides is 1. The lowest BCUT2D eigenvalue weighted by Gasteiger charge is -2.21. The first-order valence-corrected chi connectivity index (χ1v) is 12.0. The van der Waals surface area contributed by atoms with Gasteiger partial charge in [0.2, 0.25) is 15.8 Å². The largest absolute Gasteiger partial charge is 0.416 e. The normalized spacial score (nSPS) is 19.8. The van der Waals surface area contributed by atoms with Crippen LogP contribution in [0.25, 0.3) is 11.4 Å². The number of tetrazole rings is 1. The maximum atomic E-state index is 12.8. The molecule has 2 aromatic carbocycles. The number of benzene rings is 2. The van der Waals surface area contributed by atoms with Gasteiger partial charge < -0.3 is 5.11 Å². The van der Waals surface area contributed by atoms with Gasteiger partial charge in [-0.15, -0.1) is 10.2 Å². The maximum absolute atomic E-state index is 12.8. The van der Waals surface area contributed by atoms with E-state index in [1.807, 2.05) is 12.1 Å². The van der Waals surface area contributed by atoms with Crippen molar-refractivity contribution in [3.05, 3.63) is 65.2 Å². The zero-order chi connectivity index (χ0) is 23.9. The molecule has 176 valence electrons. The molecule has 0 aliphatic carbocycles. The topological polar surface area (TPSA) is 101 Å². The van der Waals surface area contributed by atoms with Gasteiger partial charge in [-0.2, -0.15) is 22.3 Å². The summed E-state index contributed by atoms with van der Waals surface area (Å²) < 4.78 is 63.1. The van der Waals surface area contributed by atoms with Crippen LogP contribution in [0.5, 0.6) is 0 Å². The van der Waals surface area contributed by atoms with Gasteiger partial charge in [0.15, 0.2) is 0 Å². The zero-order valence-electron chi connectivity index (χ0n) is 17.7. The molecule has 1 aliphatic rings. The highest BCUT2D eigenvalue weighted by Crippen LogP contribution is 2.30. The van der Waals surface area contributed by atoms with Gasteiger partial charge >= 0.3 is 6.18 Å². The van der Waals surface area contributed by atoms with Crippen LogP contribution in [-0.4, -0.2) is 63.0 Å². The Hall–Kier alpha value is -2.83. The van der Waals surface area contributed by atoms with Crippen LogP contribution >= 0.6 is 0 Å². The molecule has 8 nitrogen and oxygen atoms in total. The Morgan fingerprint density at radius 1 is 1.12 bits per heavy atom. The summed E-state index contributed by atoms with van der Waals surface area (Å²) in [5, 5.41) is 23.2. The number of aromatic nitrogens is 4. The second-order valence-electron chi connectivity index (χ2n) is 8.24. The Morgan fingerprint density at radius 2 is 1.82 bits per heavy atom. The van der Waals surface area contributed by atoms with Gasteiger partial charge in [-0.1, -0.05) is 36.4 Å². The van der Waals surface area contributed by atoms with E-state index in [9.17, 15) is 26.7 Å². The second kappa shape index (κ2) is 8.50. The first kappa shape index (κ1) is 23.3. The van der Waals surface area contributed by atoms with E-state index >= 15 is 0 Å². The minimum Gasteiger partial charge on any atom is -0.386 e. The molecule has 0 amide bonds. The van der Waals surface area contributed by atoms with Gasteiger partial charge in [0.25, 0.3) is 0 Å². The van der Waals surface area contributed by atoms with Gasteiger partial charge in [-0.05, 0) is 41.3 Å². The number of halogens is 3. The van der Waals surface area contributed by atoms with Gasteiger partial charge in [-0.25, -0.2) is 8.42 Å². The zero-order valence-corrected chi connectivity index (χ0v) is 18.5. The molecule has 1 fully saturated rings. The molecule has 1 saturated heterocycles. The predicted octanol–water partition coefficient (Wildman–Crippen LogP) is 2.35. The Labute approximate surface area is 188 Å². The van der Waals surface area contributed by atoms with Crippen molar-refractivity contribution in [2.24, 2.45) is 0 Å². The van der Waals surface area contributed by atoms with Gasteiger partial charge in [0, 0.05) is 18.7 Å². The Bertz CT molecular complexity index is 1240. The number of β-amino-alcohol motifs (C(OH)–C–C–N with tert-alkyl or cyclic N) is 1. The minimum absolute atomic E-state index is 0.0207. The monoisotopic (exact) mass is 481 g/mol. The SMILES string of the molecule is CS(=O)(=O)N1CCC(O)(Cn2nnc(-c3ccccc3Cc3ccc(C(F)(F)F)cc3)n2)C1. The molecule has 1 N–H and O–H groups in total. The molecule has 3 aromatic rings. The molecule has 1 aromatic heterocycles. The lowest BCUT2D eigenvalue weighted by Crippen LogP contribution is -2.39. The molecular formula is C21H22F3N5O3S. The summed E-state index contributed by atoms with van der Waals surface area (Å²) in [5.41, 5.74) is 0.160. The molecule has 0 spiro atoms. The van der Waals surface area contributed by atoms with E-state index in [0.717, 1.165) is 24.0 Å². The molecule has 0 saturated carbocycles. The Balaban J connectivity index is 1.51. The van der Waals surface area contributed by atoms with Crippen molar-refractivity contribution in [2.45, 2.75) is 31.2 Å². The van der Waals surface area contributed by atoms with Crippen molar-refractivity contribution in [1.82, 2.24) is 24.5 Å². The molecule has 33 heavy (non-hydrogen) atoms. The number of nitrogens with zero attached hydrogens (tertiary/aromatic N) is 5. The van der Waals surface area contributed by atoms with Crippen LogP contribution in [0.3, 0.4) is 0 Å². The van der Waals surface area contributed by atoms with Crippen LogP contribution in [0.1, 0.15) is 23.1 Å². The number of rotatable bonds is 6. The molecule has 0 radical (unpaired) electrons. The molecule has 1 aliphatic heterocycles. The number of hydrogen-bond acceptors (Lipinski definition) is 6. The average Bonchev–Trinajstić information content (AvgIpc) is 3.35. The van der Waals surface area contributed by atoms with Crippen LogP contribution in [-0.2, 0) is 29.2 Å². The predicted molar refractivity (Wildman–Crippen MR) is 113 cm³/mol. The van der Waals surface area contributed by atoms with E-state index in [2.05, 4.69) is 15.4 Å². The van der Waals surface area contributed by atoms with E-state index in [4.69, 9.17) is 0 Å². The Kier molecular flexibility index (Phi) is 6.01. The smallest absolute Gasteiger partial charge is 0.386 e. The molecule has 4 rings (SSSR count). The van der Waals surface area contributed by atoms with Crippen molar-refractivity contribution in [3.63, 3.8) is 0 Å². The van der Waals surface area contributed by atoms with Crippen LogP contribution in [0, 0.1) is 0 Å². The third-order valence-electron chi connectivity index (χ3n) is 5.59. The molecule has 2 heterocycles. The Morgan fingerprint density at radius 3 is 2.45 bits per heavy atom. The third-order valence-corrected chi connectivity index (χ3v) is 6.84. The standard InChI is InChI=1S/C21H22F3N5O3S/c1-33(31,32)28-11-10-20(30,13-28)14-29-26-19(25-27-29)18-5-3-2-4-16(18)12-15-6-8-17(9-7-15)21(22,23)24/h2-9,30H,10-14H2,1H3. The van der Waals surface area contributed by atoms with E-state index in [1.54, 1.807) is 12.1 Å². The molecular weight excluding hydrogens is 459 g/mol. The average molecular weight is 482 g/mol. The van der Waals surface area contributed by atoms with Crippen LogP contribution in [0.15, 0.2) is 48.5 Å². The van der Waals surface area contributed by atoms with Crippen LogP contribution < -0.4 is 0 Å². The third kappa shape index (κ3) is 5.40. The molecule has 1 atom stereocenters. The fourth-order valence-corrected chi connectivity index (χ4v) is 4.73. The fourth-order valence-electron chi connectivity index (χ4n) is 3.84. The summed E-state index contributed by atoms with van der Waals surface area (Å²) in [6, 6.07) is 12.2. The van der Waals surface area contributed by atoms with Crippen molar-refractivity contribution in [1.29, 1.82) is 0 Å². The van der Waals surface area contributed by atoms with Gasteiger partial charge in [-0.3, -0.25) is 0 Å². The number of aliphatic hydroxyl groups is 1. The number of alkyl halides is 3. The quantitative estimate of drug-likeness (QED) is 0.580. The van der Waals surface area contributed by atoms with E-state index < -0.39 is 27.4 Å². The van der Waals surface area contributed by atoms with Gasteiger partial charge in [0.1, 0.15) is 5.60 Å². The second-order valence-corrected chi connectivity index (χ2v) is 10.2. The van der Waals surface area contributed by atoms with Crippen LogP contribution in [0.2, 0.25) is 0 Å².